The number of urea groups is 1. The molecule has 2 aromatic rings. The summed E-state index contributed by atoms with van der Waals surface area (Å²) in [6.45, 7) is 0.395. The van der Waals surface area contributed by atoms with Crippen LogP contribution in [-0.2, 0) is 11.3 Å². The van der Waals surface area contributed by atoms with E-state index >= 15 is 0 Å². The van der Waals surface area contributed by atoms with Crippen LogP contribution < -0.4 is 16.0 Å². The van der Waals surface area contributed by atoms with Gasteiger partial charge in [-0.1, -0.05) is 30.3 Å². The van der Waals surface area contributed by atoms with Crippen molar-refractivity contribution in [3.05, 3.63) is 60.2 Å². The highest BCUT2D eigenvalue weighted by Crippen LogP contribution is 2.30. The van der Waals surface area contributed by atoms with Gasteiger partial charge in [-0.25, -0.2) is 4.79 Å². The maximum Gasteiger partial charge on any atom is 0.319 e. The molecule has 0 unspecified atom stereocenters. The van der Waals surface area contributed by atoms with Crippen molar-refractivity contribution in [1.82, 2.24) is 5.32 Å². The molecule has 5 nitrogen and oxygen atoms in total. The molecule has 2 aromatic carbocycles. The summed E-state index contributed by atoms with van der Waals surface area (Å²) in [5.74, 6) is 0.255. The highest BCUT2D eigenvalue weighted by atomic mass is 16.2. The normalized spacial score (nSPS) is 13.2. The lowest BCUT2D eigenvalue weighted by Crippen LogP contribution is -2.28. The van der Waals surface area contributed by atoms with Crippen molar-refractivity contribution in [2.24, 2.45) is 5.92 Å². The summed E-state index contributed by atoms with van der Waals surface area (Å²) in [5, 5.41) is 8.47. The van der Waals surface area contributed by atoms with Crippen molar-refractivity contribution < 1.29 is 9.59 Å². The average molecular weight is 309 g/mol. The maximum absolute atomic E-state index is 11.9. The number of benzene rings is 2. The second kappa shape index (κ2) is 6.96. The molecule has 0 radical (unpaired) electrons. The van der Waals surface area contributed by atoms with Gasteiger partial charge < -0.3 is 16.0 Å². The summed E-state index contributed by atoms with van der Waals surface area (Å²) in [6, 6.07) is 16.5. The first-order valence-corrected chi connectivity index (χ1v) is 7.70. The predicted octanol–water partition coefficient (Wildman–Crippen LogP) is 3.36. The third-order valence-electron chi connectivity index (χ3n) is 3.63. The van der Waals surface area contributed by atoms with E-state index in [1.165, 1.54) is 0 Å². The summed E-state index contributed by atoms with van der Waals surface area (Å²) < 4.78 is 0. The molecule has 1 saturated carbocycles. The average Bonchev–Trinajstić information content (AvgIpc) is 3.39. The van der Waals surface area contributed by atoms with Gasteiger partial charge in [0.15, 0.2) is 0 Å². The Morgan fingerprint density at radius 1 is 0.913 bits per heavy atom. The van der Waals surface area contributed by atoms with Crippen LogP contribution in [0, 0.1) is 5.92 Å². The molecule has 3 N–H and O–H groups in total. The van der Waals surface area contributed by atoms with Crippen LogP contribution in [0.4, 0.5) is 16.2 Å². The summed E-state index contributed by atoms with van der Waals surface area (Å²) in [5.41, 5.74) is 2.45. The van der Waals surface area contributed by atoms with Gasteiger partial charge in [0.05, 0.1) is 0 Å². The van der Waals surface area contributed by atoms with E-state index in [-0.39, 0.29) is 17.9 Å². The fraction of sp³-hybridized carbons (Fsp3) is 0.222. The van der Waals surface area contributed by atoms with Crippen molar-refractivity contribution in [2.75, 3.05) is 10.6 Å². The van der Waals surface area contributed by atoms with E-state index in [0.29, 0.717) is 6.54 Å². The minimum atomic E-state index is -0.261. The number of amides is 3. The van der Waals surface area contributed by atoms with Gasteiger partial charge in [0.25, 0.3) is 0 Å². The van der Waals surface area contributed by atoms with E-state index in [1.807, 2.05) is 54.6 Å². The minimum absolute atomic E-state index is 0.0805. The molecule has 0 spiro atoms. The number of carbonyl (C=O) groups excluding carboxylic acids is 2. The number of nitrogens with one attached hydrogen (secondary N) is 3. The van der Waals surface area contributed by atoms with Gasteiger partial charge in [-0.05, 0) is 42.7 Å². The zero-order valence-electron chi connectivity index (χ0n) is 12.7. The summed E-state index contributed by atoms with van der Waals surface area (Å²) in [6.07, 6.45) is 1.96. The fourth-order valence-corrected chi connectivity index (χ4v) is 2.23. The molecule has 0 aromatic heterocycles. The monoisotopic (exact) mass is 309 g/mol. The molecule has 23 heavy (non-hydrogen) atoms. The zero-order chi connectivity index (χ0) is 16.1. The molecule has 0 bridgehead atoms. The minimum Gasteiger partial charge on any atom is -0.334 e. The van der Waals surface area contributed by atoms with Gasteiger partial charge in [0.1, 0.15) is 0 Å². The van der Waals surface area contributed by atoms with Crippen molar-refractivity contribution in [3.8, 4) is 0 Å². The first-order valence-electron chi connectivity index (χ1n) is 7.70. The molecule has 0 atom stereocenters. The molecule has 118 valence electrons. The molecule has 5 heteroatoms. The number of para-hydroxylation sites is 1. The third-order valence-corrected chi connectivity index (χ3v) is 3.63. The lowest BCUT2D eigenvalue weighted by atomic mass is 10.2. The summed E-state index contributed by atoms with van der Waals surface area (Å²) in [4.78, 5) is 23.6. The van der Waals surface area contributed by atoms with E-state index in [4.69, 9.17) is 0 Å². The van der Waals surface area contributed by atoms with Crippen LogP contribution in [0.2, 0.25) is 0 Å². The van der Waals surface area contributed by atoms with Crippen LogP contribution in [0.1, 0.15) is 18.4 Å². The van der Waals surface area contributed by atoms with Gasteiger partial charge in [-0.15, -0.1) is 0 Å². The summed E-state index contributed by atoms with van der Waals surface area (Å²) >= 11 is 0. The van der Waals surface area contributed by atoms with Crippen LogP contribution >= 0.6 is 0 Å². The van der Waals surface area contributed by atoms with Crippen LogP contribution in [0.5, 0.6) is 0 Å². The van der Waals surface area contributed by atoms with E-state index < -0.39 is 0 Å². The van der Waals surface area contributed by atoms with Crippen LogP contribution in [-0.4, -0.2) is 11.9 Å². The Morgan fingerprint density at radius 2 is 1.65 bits per heavy atom. The summed E-state index contributed by atoms with van der Waals surface area (Å²) in [7, 11) is 0. The lowest BCUT2D eigenvalue weighted by Gasteiger charge is -2.09. The molecule has 0 aliphatic heterocycles. The Bertz CT molecular complexity index is 696. The third kappa shape index (κ3) is 4.57. The van der Waals surface area contributed by atoms with Gasteiger partial charge in [-0.2, -0.15) is 0 Å². The predicted molar refractivity (Wildman–Crippen MR) is 90.1 cm³/mol. The smallest absolute Gasteiger partial charge is 0.319 e. The Morgan fingerprint density at radius 3 is 2.39 bits per heavy atom. The topological polar surface area (TPSA) is 70.2 Å². The molecule has 3 rings (SSSR count). The van der Waals surface area contributed by atoms with Crippen molar-refractivity contribution in [1.29, 1.82) is 0 Å². The molecule has 0 heterocycles. The van der Waals surface area contributed by atoms with Crippen LogP contribution in [0.15, 0.2) is 54.6 Å². The van der Waals surface area contributed by atoms with E-state index in [2.05, 4.69) is 16.0 Å². The Labute approximate surface area is 135 Å². The molecular weight excluding hydrogens is 290 g/mol. The molecule has 1 fully saturated rings. The number of hydrogen-bond donors (Lipinski definition) is 3. The Hall–Kier alpha value is -2.82. The molecule has 0 saturated heterocycles. The molecule has 1 aliphatic rings. The second-order valence-electron chi connectivity index (χ2n) is 5.64. The molecule has 1 aliphatic carbocycles. The van der Waals surface area contributed by atoms with Crippen LogP contribution in [0.3, 0.4) is 0 Å². The van der Waals surface area contributed by atoms with Gasteiger partial charge in [0, 0.05) is 23.8 Å². The van der Waals surface area contributed by atoms with Crippen molar-refractivity contribution in [3.63, 3.8) is 0 Å². The first-order chi connectivity index (χ1) is 11.2. The Kier molecular flexibility index (Phi) is 4.57. The highest BCUT2D eigenvalue weighted by Gasteiger charge is 2.29. The molecular formula is C18H19N3O2. The second-order valence-corrected chi connectivity index (χ2v) is 5.64. The van der Waals surface area contributed by atoms with E-state index in [1.54, 1.807) is 0 Å². The number of rotatable bonds is 5. The molecule has 3 amide bonds. The van der Waals surface area contributed by atoms with Gasteiger partial charge >= 0.3 is 6.03 Å². The van der Waals surface area contributed by atoms with Crippen molar-refractivity contribution in [2.45, 2.75) is 19.4 Å². The highest BCUT2D eigenvalue weighted by molar-refractivity contribution is 5.94. The standard InChI is InChI=1S/C18H19N3O2/c22-17(14-9-10-14)20-16-8-4-5-13(11-16)12-19-18(23)21-15-6-2-1-3-7-15/h1-8,11,14H,9-10,12H2,(H,20,22)(H2,19,21,23). The Balaban J connectivity index is 1.51. The number of anilines is 2. The SMILES string of the molecule is O=C(NCc1cccc(NC(=O)C2CC2)c1)Nc1ccccc1. The van der Waals surface area contributed by atoms with Gasteiger partial charge in [-0.3, -0.25) is 4.79 Å². The van der Waals surface area contributed by atoms with Gasteiger partial charge in [0.2, 0.25) is 5.91 Å². The van der Waals surface area contributed by atoms with E-state index in [0.717, 1.165) is 29.8 Å². The first kappa shape index (κ1) is 15.1. The number of carbonyl (C=O) groups is 2. The largest absolute Gasteiger partial charge is 0.334 e. The number of hydrogen-bond acceptors (Lipinski definition) is 2. The van der Waals surface area contributed by atoms with Crippen molar-refractivity contribution >= 4 is 23.3 Å². The lowest BCUT2D eigenvalue weighted by molar-refractivity contribution is -0.117. The zero-order valence-corrected chi connectivity index (χ0v) is 12.7. The maximum atomic E-state index is 11.9. The fourth-order valence-electron chi connectivity index (χ4n) is 2.23. The van der Waals surface area contributed by atoms with E-state index in [9.17, 15) is 9.59 Å². The van der Waals surface area contributed by atoms with Crippen LogP contribution in [0.25, 0.3) is 0 Å². The quantitative estimate of drug-likeness (QED) is 0.792.